The summed E-state index contributed by atoms with van der Waals surface area (Å²) in [5.41, 5.74) is 7.17. The number of β-lactam (4-membered cyclic amide) rings is 1. The fraction of sp³-hybridized carbons (Fsp3) is 0.400. The quantitative estimate of drug-likeness (QED) is 0.208. The largest absolute Gasteiger partial charge is 0.477 e. The van der Waals surface area contributed by atoms with Crippen molar-refractivity contribution in [1.29, 1.82) is 0 Å². The summed E-state index contributed by atoms with van der Waals surface area (Å²) in [5.74, 6) is -1.66. The number of aromatic nitrogens is 3. The number of carboxylic acids is 1. The molecular formula is C20H23N7O6S2. The van der Waals surface area contributed by atoms with Crippen molar-refractivity contribution in [3.63, 3.8) is 0 Å². The van der Waals surface area contributed by atoms with Gasteiger partial charge in [-0.3, -0.25) is 19.3 Å². The molecule has 35 heavy (non-hydrogen) atoms. The van der Waals surface area contributed by atoms with E-state index in [-0.39, 0.29) is 24.6 Å². The molecule has 0 saturated carbocycles. The van der Waals surface area contributed by atoms with Gasteiger partial charge in [0, 0.05) is 42.3 Å². The zero-order chi connectivity index (χ0) is 25.1. The molecule has 0 spiro atoms. The number of nitrogen functional groups attached to an aromatic ring is 1. The van der Waals surface area contributed by atoms with Gasteiger partial charge >= 0.3 is 11.9 Å². The molecule has 2 aliphatic heterocycles. The number of nitrogens with two attached hydrogens (primary N) is 1. The molecule has 1 fully saturated rings. The molecule has 0 radical (unpaired) electrons. The highest BCUT2D eigenvalue weighted by Gasteiger charge is 2.54. The van der Waals surface area contributed by atoms with Crippen LogP contribution < -0.4 is 16.4 Å². The number of imidazole rings is 1. The Hall–Kier alpha value is -3.59. The van der Waals surface area contributed by atoms with Crippen LogP contribution in [0.1, 0.15) is 18.3 Å². The first kappa shape index (κ1) is 24.5. The first-order chi connectivity index (χ1) is 16.7. The number of thiazole rings is 1. The number of amides is 2. The van der Waals surface area contributed by atoms with Gasteiger partial charge in [0.25, 0.3) is 5.91 Å². The number of hydrogen-bond acceptors (Lipinski definition) is 11. The van der Waals surface area contributed by atoms with E-state index in [1.807, 2.05) is 0 Å². The fourth-order valence-electron chi connectivity index (χ4n) is 3.66. The van der Waals surface area contributed by atoms with E-state index in [2.05, 4.69) is 25.6 Å². The number of rotatable bonds is 10. The third-order valence-electron chi connectivity index (χ3n) is 5.25. The number of hydrogen-bond donors (Lipinski definition) is 5. The van der Waals surface area contributed by atoms with Crippen LogP contribution in [-0.4, -0.2) is 79.0 Å². The molecule has 0 aromatic carbocycles. The number of aliphatic carboxylic acids is 1. The number of fused-ring (bicyclic) bond motifs is 1. The highest BCUT2D eigenvalue weighted by molar-refractivity contribution is 8.00. The Morgan fingerprint density at radius 1 is 1.40 bits per heavy atom. The van der Waals surface area contributed by atoms with Gasteiger partial charge in [-0.25, -0.2) is 14.8 Å². The third kappa shape index (κ3) is 5.57. The topological polar surface area (TPSA) is 193 Å². The molecular weight excluding hydrogens is 498 g/mol. The van der Waals surface area contributed by atoms with Crippen LogP contribution in [0.4, 0.5) is 11.1 Å². The lowest BCUT2D eigenvalue weighted by atomic mass is 10.0. The standard InChI is InChI=1S/C20H23N7O6S2/c1-9(28)33-6-10-7-34-17-14(16(30)27(17)15(10)18(31)32)26-20-23-5-11(25-20)2-3-22-13(29)4-12-8-35-19(21)24-12/h5,8,14,17H,2-4,6-7H2,1H3,(H2,21,24)(H,22,29)(H,31,32)(H2,23,25,26)/t14?,17-/m0/s1. The minimum absolute atomic E-state index is 0.144. The molecule has 2 atom stereocenters. The van der Waals surface area contributed by atoms with Crippen LogP contribution in [0.15, 0.2) is 22.8 Å². The second-order valence-electron chi connectivity index (χ2n) is 7.78. The summed E-state index contributed by atoms with van der Waals surface area (Å²) in [7, 11) is 0. The van der Waals surface area contributed by atoms with Crippen molar-refractivity contribution in [2.24, 2.45) is 0 Å². The van der Waals surface area contributed by atoms with E-state index in [0.717, 1.165) is 5.69 Å². The number of anilines is 2. The smallest absolute Gasteiger partial charge is 0.352 e. The minimum atomic E-state index is -1.25. The molecule has 13 nitrogen and oxygen atoms in total. The SMILES string of the molecule is CC(=O)OCC1=C(C(=O)O)N2C(=O)C(Nc3ncc(CCNC(=O)Cc4csc(N)n4)[nH]3)[C@@H]2SC1. The predicted molar refractivity (Wildman–Crippen MR) is 127 cm³/mol. The zero-order valence-corrected chi connectivity index (χ0v) is 20.2. The van der Waals surface area contributed by atoms with Crippen molar-refractivity contribution in [2.75, 3.05) is 30.0 Å². The zero-order valence-electron chi connectivity index (χ0n) is 18.6. The van der Waals surface area contributed by atoms with Crippen LogP contribution in [-0.2, 0) is 36.8 Å². The van der Waals surface area contributed by atoms with E-state index in [1.54, 1.807) is 11.6 Å². The van der Waals surface area contributed by atoms with Gasteiger partial charge in [0.1, 0.15) is 23.7 Å². The number of nitrogens with zero attached hydrogens (tertiary/aromatic N) is 3. The molecule has 2 aliphatic rings. The molecule has 6 N–H and O–H groups in total. The van der Waals surface area contributed by atoms with Crippen molar-refractivity contribution in [3.8, 4) is 0 Å². The van der Waals surface area contributed by atoms with E-state index >= 15 is 0 Å². The molecule has 0 bridgehead atoms. The fourth-order valence-corrected chi connectivity index (χ4v) is 5.55. The molecule has 2 aromatic heterocycles. The molecule has 1 saturated heterocycles. The Morgan fingerprint density at radius 2 is 2.20 bits per heavy atom. The maximum Gasteiger partial charge on any atom is 0.352 e. The predicted octanol–water partition coefficient (Wildman–Crippen LogP) is -0.0528. The Balaban J connectivity index is 1.29. The van der Waals surface area contributed by atoms with Crippen LogP contribution in [0.2, 0.25) is 0 Å². The van der Waals surface area contributed by atoms with Crippen LogP contribution >= 0.6 is 23.1 Å². The molecule has 2 aromatic rings. The van der Waals surface area contributed by atoms with Crippen LogP contribution in [0.25, 0.3) is 0 Å². The van der Waals surface area contributed by atoms with E-state index < -0.39 is 29.3 Å². The van der Waals surface area contributed by atoms with Gasteiger partial charge in [0.05, 0.1) is 18.3 Å². The van der Waals surface area contributed by atoms with Crippen LogP contribution in [0.5, 0.6) is 0 Å². The lowest BCUT2D eigenvalue weighted by Gasteiger charge is -2.49. The van der Waals surface area contributed by atoms with Gasteiger partial charge in [0.15, 0.2) is 5.13 Å². The van der Waals surface area contributed by atoms with Crippen molar-refractivity contribution in [3.05, 3.63) is 34.2 Å². The number of carboxylic acid groups (broad SMARTS) is 1. The molecule has 1 unspecified atom stereocenters. The first-order valence-electron chi connectivity index (χ1n) is 10.5. The number of nitrogens with one attached hydrogen (secondary N) is 3. The summed E-state index contributed by atoms with van der Waals surface area (Å²) < 4.78 is 4.93. The number of H-pyrrole nitrogens is 1. The molecule has 2 amide bonds. The molecule has 4 rings (SSSR count). The van der Waals surface area contributed by atoms with Crippen molar-refractivity contribution < 1.29 is 29.0 Å². The van der Waals surface area contributed by atoms with Crippen molar-refractivity contribution in [2.45, 2.75) is 31.2 Å². The average Bonchev–Trinajstić information content (AvgIpc) is 3.43. The van der Waals surface area contributed by atoms with E-state index in [1.165, 1.54) is 34.9 Å². The monoisotopic (exact) mass is 521 g/mol. The highest BCUT2D eigenvalue weighted by atomic mass is 32.2. The van der Waals surface area contributed by atoms with Gasteiger partial charge in [-0.1, -0.05) is 0 Å². The Labute approximate surface area is 207 Å². The Kier molecular flexibility index (Phi) is 7.25. The minimum Gasteiger partial charge on any atom is -0.477 e. The second-order valence-corrected chi connectivity index (χ2v) is 9.77. The number of carbonyl (C=O) groups is 4. The number of aromatic amines is 1. The van der Waals surface area contributed by atoms with Gasteiger partial charge in [-0.2, -0.15) is 0 Å². The van der Waals surface area contributed by atoms with Crippen LogP contribution in [0.3, 0.4) is 0 Å². The summed E-state index contributed by atoms with van der Waals surface area (Å²) in [6.45, 7) is 1.44. The third-order valence-corrected chi connectivity index (χ3v) is 7.31. The van der Waals surface area contributed by atoms with Gasteiger partial charge in [-0.15, -0.1) is 23.1 Å². The molecule has 186 valence electrons. The summed E-state index contributed by atoms with van der Waals surface area (Å²) in [5, 5.41) is 17.2. The van der Waals surface area contributed by atoms with E-state index in [4.69, 9.17) is 10.5 Å². The highest BCUT2D eigenvalue weighted by Crippen LogP contribution is 2.41. The van der Waals surface area contributed by atoms with Gasteiger partial charge in [0.2, 0.25) is 11.9 Å². The van der Waals surface area contributed by atoms with E-state index in [0.29, 0.717) is 41.1 Å². The van der Waals surface area contributed by atoms with Gasteiger partial charge < -0.3 is 31.2 Å². The summed E-state index contributed by atoms with van der Waals surface area (Å²) in [6, 6.07) is -0.658. The Morgan fingerprint density at radius 3 is 2.89 bits per heavy atom. The van der Waals surface area contributed by atoms with Crippen LogP contribution in [0, 0.1) is 0 Å². The average molecular weight is 522 g/mol. The summed E-state index contributed by atoms with van der Waals surface area (Å²) >= 11 is 2.66. The summed E-state index contributed by atoms with van der Waals surface area (Å²) in [4.78, 5) is 60.2. The van der Waals surface area contributed by atoms with Crippen molar-refractivity contribution in [1.82, 2.24) is 25.2 Å². The van der Waals surface area contributed by atoms with Crippen molar-refractivity contribution >= 4 is 57.9 Å². The maximum atomic E-state index is 12.7. The lowest BCUT2D eigenvalue weighted by Crippen LogP contribution is -2.67. The second kappa shape index (κ2) is 10.4. The first-order valence-corrected chi connectivity index (χ1v) is 12.5. The van der Waals surface area contributed by atoms with Gasteiger partial charge in [-0.05, 0) is 0 Å². The normalized spacial score (nSPS) is 19.1. The maximum absolute atomic E-state index is 12.7. The Bertz CT molecular complexity index is 1190. The lowest BCUT2D eigenvalue weighted by molar-refractivity contribution is -0.147. The number of thioether (sulfide) groups is 1. The molecule has 15 heteroatoms. The molecule has 0 aliphatic carbocycles. The number of carbonyl (C=O) groups excluding carboxylic acids is 3. The molecule has 4 heterocycles. The summed E-state index contributed by atoms with van der Waals surface area (Å²) in [6.07, 6.45) is 2.25. The van der Waals surface area contributed by atoms with E-state index in [9.17, 15) is 24.3 Å². The number of esters is 1. The number of ether oxygens (including phenoxy) is 1.